The Morgan fingerprint density at radius 1 is 0.767 bits per heavy atom. The fourth-order valence-corrected chi connectivity index (χ4v) is 10.2. The molecule has 0 N–H and O–H groups in total. The molecule has 30 heavy (non-hydrogen) atoms. The van der Waals surface area contributed by atoms with E-state index in [0.717, 1.165) is 25.7 Å². The van der Waals surface area contributed by atoms with Gasteiger partial charge in [0.2, 0.25) is 0 Å². The molecule has 1 unspecified atom stereocenters. The van der Waals surface area contributed by atoms with E-state index in [2.05, 4.69) is 86.7 Å². The number of benzene rings is 3. The Morgan fingerprint density at radius 3 is 2.10 bits per heavy atom. The van der Waals surface area contributed by atoms with Crippen LogP contribution in [0, 0.1) is 0 Å². The number of rotatable bonds is 7. The summed E-state index contributed by atoms with van der Waals surface area (Å²) in [5, 5.41) is 0. The summed E-state index contributed by atoms with van der Waals surface area (Å²) in [5.41, 5.74) is 10.8. The summed E-state index contributed by atoms with van der Waals surface area (Å²) < 4.78 is 0.281. The minimum atomic E-state index is -2.50. The Balaban J connectivity index is 1.98. The maximum atomic E-state index is 6.69. The molecule has 1 aliphatic carbocycles. The van der Waals surface area contributed by atoms with Crippen molar-refractivity contribution < 1.29 is 19.4 Å². The fourth-order valence-electron chi connectivity index (χ4n) is 4.69. The molecule has 153 valence electrons. The first-order chi connectivity index (χ1) is 14.7. The molecule has 3 heteroatoms. The number of hydrogen-bond donors (Lipinski definition) is 0. The van der Waals surface area contributed by atoms with E-state index < -0.39 is 19.4 Å². The molecule has 0 heterocycles. The minimum absolute atomic E-state index is 0.281. The Bertz CT molecular complexity index is 1050. The van der Waals surface area contributed by atoms with Gasteiger partial charge < -0.3 is 0 Å². The Kier molecular flexibility index (Phi) is 7.35. The van der Waals surface area contributed by atoms with E-state index in [1.54, 1.807) is 0 Å². The van der Waals surface area contributed by atoms with Crippen molar-refractivity contribution in [3.63, 3.8) is 0 Å². The zero-order valence-electron chi connectivity index (χ0n) is 17.6. The molecule has 0 radical (unpaired) electrons. The molecular weight excluding hydrogens is 486 g/mol. The molecule has 0 spiro atoms. The zero-order chi connectivity index (χ0) is 21.1. The molecule has 0 saturated carbocycles. The third-order valence-corrected chi connectivity index (χ3v) is 11.3. The normalized spacial score (nSPS) is 15.1. The molecule has 1 aliphatic rings. The quantitative estimate of drug-likeness (QED) is 0.295. The van der Waals surface area contributed by atoms with E-state index in [1.165, 1.54) is 44.5 Å². The van der Waals surface area contributed by atoms with E-state index in [0.29, 0.717) is 0 Å². The van der Waals surface area contributed by atoms with E-state index in [1.807, 2.05) is 0 Å². The first kappa shape index (κ1) is 22.1. The molecule has 0 aliphatic heterocycles. The molecule has 0 nitrogen and oxygen atoms in total. The number of halogens is 2. The average molecular weight is 514 g/mol. The number of aryl methyl sites for hydroxylation is 1. The van der Waals surface area contributed by atoms with Crippen LogP contribution in [0.4, 0.5) is 0 Å². The van der Waals surface area contributed by atoms with Crippen LogP contribution in [-0.4, -0.2) is 0 Å². The van der Waals surface area contributed by atoms with Crippen LogP contribution in [0.2, 0.25) is 0 Å². The van der Waals surface area contributed by atoms with Gasteiger partial charge in [-0.05, 0) is 0 Å². The Labute approximate surface area is 195 Å². The SMILES string of the molecule is CCCC1=Cc2c(ccc(CCC)c2-c2ccccc2-c2ccccc2)[CH]1[Zr]([Cl])[Cl]. The van der Waals surface area contributed by atoms with Crippen molar-refractivity contribution in [2.45, 2.75) is 43.2 Å². The standard InChI is InChI=1S/C27H27.2ClH.Zr/c1-3-10-20-18-23-17-16-22(11-4-2)27(26(23)19-20)25-15-9-8-14-24(25)21-12-6-5-7-13-21;;;/h5-9,12-19H,3-4,10-11H2,1-2H3;2*1H;/q;;;+2/p-2. The van der Waals surface area contributed by atoms with Gasteiger partial charge in [0.25, 0.3) is 0 Å². The van der Waals surface area contributed by atoms with Crippen LogP contribution in [0.3, 0.4) is 0 Å². The van der Waals surface area contributed by atoms with Crippen molar-refractivity contribution in [1.82, 2.24) is 0 Å². The van der Waals surface area contributed by atoms with Gasteiger partial charge in [-0.3, -0.25) is 0 Å². The van der Waals surface area contributed by atoms with Gasteiger partial charge in [0.15, 0.2) is 0 Å². The maximum absolute atomic E-state index is 6.69. The number of hydrogen-bond acceptors (Lipinski definition) is 0. The van der Waals surface area contributed by atoms with Gasteiger partial charge in [0, 0.05) is 0 Å². The van der Waals surface area contributed by atoms with Gasteiger partial charge in [-0.15, -0.1) is 0 Å². The topological polar surface area (TPSA) is 0 Å². The summed E-state index contributed by atoms with van der Waals surface area (Å²) in [6.45, 7) is 4.49. The predicted octanol–water partition coefficient (Wildman–Crippen LogP) is 9.14. The first-order valence-electron chi connectivity index (χ1n) is 10.8. The van der Waals surface area contributed by atoms with Crippen LogP contribution >= 0.6 is 17.0 Å². The zero-order valence-corrected chi connectivity index (χ0v) is 21.6. The Morgan fingerprint density at radius 2 is 1.43 bits per heavy atom. The molecular formula is C27H27Cl2Zr. The molecule has 0 bridgehead atoms. The van der Waals surface area contributed by atoms with Gasteiger partial charge in [-0.2, -0.15) is 0 Å². The second-order valence-corrected chi connectivity index (χ2v) is 16.8. The Hall–Kier alpha value is -1.14. The van der Waals surface area contributed by atoms with Crippen LogP contribution in [0.15, 0.2) is 72.3 Å². The molecule has 0 aromatic heterocycles. The van der Waals surface area contributed by atoms with E-state index in [-0.39, 0.29) is 3.63 Å². The molecule has 4 rings (SSSR count). The average Bonchev–Trinajstić information content (AvgIpc) is 3.13. The van der Waals surface area contributed by atoms with Gasteiger partial charge >= 0.3 is 197 Å². The van der Waals surface area contributed by atoms with Crippen LogP contribution in [-0.2, 0) is 25.8 Å². The van der Waals surface area contributed by atoms with Crippen molar-refractivity contribution in [3.8, 4) is 22.3 Å². The van der Waals surface area contributed by atoms with Crippen molar-refractivity contribution in [2.24, 2.45) is 0 Å². The van der Waals surface area contributed by atoms with Crippen molar-refractivity contribution in [1.29, 1.82) is 0 Å². The summed E-state index contributed by atoms with van der Waals surface area (Å²) >= 11 is -2.50. The molecule has 0 saturated heterocycles. The predicted molar refractivity (Wildman–Crippen MR) is 129 cm³/mol. The third kappa shape index (κ3) is 4.27. The monoisotopic (exact) mass is 511 g/mol. The van der Waals surface area contributed by atoms with Crippen LogP contribution in [0.1, 0.15) is 53.4 Å². The van der Waals surface area contributed by atoms with Gasteiger partial charge in [-0.25, -0.2) is 0 Å². The first-order valence-corrected chi connectivity index (χ1v) is 18.6. The second-order valence-electron chi connectivity index (χ2n) is 7.96. The van der Waals surface area contributed by atoms with Crippen molar-refractivity contribution in [3.05, 3.63) is 89.0 Å². The third-order valence-electron chi connectivity index (χ3n) is 5.93. The van der Waals surface area contributed by atoms with Gasteiger partial charge in [-0.1, -0.05) is 0 Å². The van der Waals surface area contributed by atoms with Crippen LogP contribution in [0.5, 0.6) is 0 Å². The van der Waals surface area contributed by atoms with Crippen molar-refractivity contribution in [2.75, 3.05) is 0 Å². The number of fused-ring (bicyclic) bond motifs is 1. The molecule has 1 atom stereocenters. The summed E-state index contributed by atoms with van der Waals surface area (Å²) in [6.07, 6.45) is 6.82. The van der Waals surface area contributed by atoms with Crippen LogP contribution < -0.4 is 0 Å². The van der Waals surface area contributed by atoms with E-state index >= 15 is 0 Å². The summed E-state index contributed by atoms with van der Waals surface area (Å²) in [6, 6.07) is 24.2. The molecule has 3 aromatic carbocycles. The van der Waals surface area contributed by atoms with Gasteiger partial charge in [0.05, 0.1) is 0 Å². The number of allylic oxidation sites excluding steroid dienone is 1. The summed E-state index contributed by atoms with van der Waals surface area (Å²) in [4.78, 5) is 0. The molecule has 0 fully saturated rings. The van der Waals surface area contributed by atoms with Crippen LogP contribution in [0.25, 0.3) is 28.3 Å². The molecule has 3 aromatic rings. The van der Waals surface area contributed by atoms with E-state index in [4.69, 9.17) is 17.0 Å². The molecule has 0 amide bonds. The summed E-state index contributed by atoms with van der Waals surface area (Å²) in [5.74, 6) is 0. The van der Waals surface area contributed by atoms with Gasteiger partial charge in [0.1, 0.15) is 0 Å². The van der Waals surface area contributed by atoms with Crippen molar-refractivity contribution >= 4 is 23.1 Å². The second kappa shape index (κ2) is 9.99. The summed E-state index contributed by atoms with van der Waals surface area (Å²) in [7, 11) is 13.4. The fraction of sp³-hybridized carbons (Fsp3) is 0.259. The van der Waals surface area contributed by atoms with E-state index in [9.17, 15) is 0 Å².